The molecule has 1 fully saturated rings. The number of aryl methyl sites for hydroxylation is 1. The highest BCUT2D eigenvalue weighted by atomic mass is 32.1. The molecule has 0 amide bonds. The summed E-state index contributed by atoms with van der Waals surface area (Å²) < 4.78 is 22.6. The maximum atomic E-state index is 12.2. The average Bonchev–Trinajstić information content (AvgIpc) is 3.17. The normalized spacial score (nSPS) is 21.7. The molecule has 1 aromatic heterocycles. The lowest BCUT2D eigenvalue weighted by molar-refractivity contribution is -0.165. The third kappa shape index (κ3) is 3.85. The number of hydrogen-bond acceptors (Lipinski definition) is 8. The van der Waals surface area contributed by atoms with Crippen LogP contribution in [0.2, 0.25) is 0 Å². The number of ether oxygens (including phenoxy) is 4. The summed E-state index contributed by atoms with van der Waals surface area (Å²) in [7, 11) is 1.37. The maximum Gasteiger partial charge on any atom is 0.341 e. The molecule has 7 nitrogen and oxygen atoms in total. The monoisotopic (exact) mass is 404 g/mol. The lowest BCUT2D eigenvalue weighted by atomic mass is 10.1. The zero-order valence-corrected chi connectivity index (χ0v) is 16.9. The molecule has 1 aromatic carbocycles. The van der Waals surface area contributed by atoms with Crippen molar-refractivity contribution in [2.45, 2.75) is 38.5 Å². The number of nitrogens with zero attached hydrogens (tertiary/aromatic N) is 2. The fourth-order valence-corrected chi connectivity index (χ4v) is 4.33. The van der Waals surface area contributed by atoms with Crippen molar-refractivity contribution in [3.63, 3.8) is 0 Å². The first-order valence-electron chi connectivity index (χ1n) is 9.46. The van der Waals surface area contributed by atoms with Crippen molar-refractivity contribution in [1.82, 2.24) is 4.98 Å². The van der Waals surface area contributed by atoms with Crippen LogP contribution in [0.1, 0.15) is 34.5 Å². The molecule has 0 N–H and O–H groups in total. The van der Waals surface area contributed by atoms with Gasteiger partial charge in [0.25, 0.3) is 0 Å². The Morgan fingerprint density at radius 1 is 1.39 bits per heavy atom. The highest BCUT2D eigenvalue weighted by molar-refractivity contribution is 7.15. The Hall–Kier alpha value is -2.16. The third-order valence-electron chi connectivity index (χ3n) is 4.87. The van der Waals surface area contributed by atoms with Crippen LogP contribution in [-0.4, -0.2) is 50.2 Å². The molecule has 150 valence electrons. The van der Waals surface area contributed by atoms with Crippen LogP contribution in [0.25, 0.3) is 0 Å². The van der Waals surface area contributed by atoms with Gasteiger partial charge < -0.3 is 23.8 Å². The topological polar surface area (TPSA) is 70.1 Å². The van der Waals surface area contributed by atoms with E-state index in [0.29, 0.717) is 24.5 Å². The predicted molar refractivity (Wildman–Crippen MR) is 106 cm³/mol. The Bertz CT molecular complexity index is 834. The summed E-state index contributed by atoms with van der Waals surface area (Å²) in [5, 5.41) is 0.849. The number of thiazole rings is 1. The molecule has 1 saturated heterocycles. The molecule has 0 radical (unpaired) electrons. The highest BCUT2D eigenvalue weighted by Gasteiger charge is 2.34. The molecule has 28 heavy (non-hydrogen) atoms. The van der Waals surface area contributed by atoms with Crippen molar-refractivity contribution in [1.29, 1.82) is 0 Å². The number of esters is 1. The van der Waals surface area contributed by atoms with Gasteiger partial charge in [-0.05, 0) is 38.3 Å². The molecule has 0 spiro atoms. The van der Waals surface area contributed by atoms with Gasteiger partial charge in [0.15, 0.2) is 17.2 Å². The van der Waals surface area contributed by atoms with Crippen molar-refractivity contribution in [2.75, 3.05) is 31.8 Å². The van der Waals surface area contributed by atoms with Crippen molar-refractivity contribution in [3.05, 3.63) is 34.8 Å². The summed E-state index contributed by atoms with van der Waals surface area (Å²) in [6, 6.07) is 5.40. The summed E-state index contributed by atoms with van der Waals surface area (Å²) in [5.74, 6) is 0.102. The molecule has 1 unspecified atom stereocenters. The number of carbonyl (C=O) groups is 1. The van der Waals surface area contributed by atoms with E-state index in [2.05, 4.69) is 9.88 Å². The van der Waals surface area contributed by atoms with Gasteiger partial charge in [-0.3, -0.25) is 0 Å². The van der Waals surface area contributed by atoms with Crippen LogP contribution in [0.15, 0.2) is 24.4 Å². The van der Waals surface area contributed by atoms with E-state index in [1.807, 2.05) is 25.3 Å². The number of hydrogen-bond donors (Lipinski definition) is 0. The number of methoxy groups -OCH3 is 1. The first-order valence-corrected chi connectivity index (χ1v) is 10.3. The summed E-state index contributed by atoms with van der Waals surface area (Å²) in [5.41, 5.74) is 1.20. The number of fused-ring (bicyclic) bond motifs is 1. The van der Waals surface area contributed by atoms with Crippen molar-refractivity contribution < 1.29 is 23.7 Å². The lowest BCUT2D eigenvalue weighted by Gasteiger charge is -2.38. The highest BCUT2D eigenvalue weighted by Crippen LogP contribution is 2.42. The molecular formula is C20H24N2O5S. The van der Waals surface area contributed by atoms with Gasteiger partial charge in [0.2, 0.25) is 0 Å². The number of aromatic nitrogens is 1. The average molecular weight is 404 g/mol. The summed E-state index contributed by atoms with van der Waals surface area (Å²) in [6.07, 6.45) is 4.79. The molecule has 2 aromatic rings. The number of anilines is 2. The van der Waals surface area contributed by atoms with Crippen LogP contribution in [-0.2, 0) is 14.2 Å². The molecule has 2 aliphatic heterocycles. The SMILES string of the molecule is COC(=O)c1cccc2c1OC[C@@H](COC1CCCCO1)N2c1ncc(C)s1. The van der Waals surface area contributed by atoms with Gasteiger partial charge in [-0.25, -0.2) is 9.78 Å². The van der Waals surface area contributed by atoms with Gasteiger partial charge in [0.1, 0.15) is 12.2 Å². The number of rotatable bonds is 5. The number of para-hydroxylation sites is 1. The van der Waals surface area contributed by atoms with Crippen molar-refractivity contribution in [3.8, 4) is 5.75 Å². The summed E-state index contributed by atoms with van der Waals surface area (Å²) in [4.78, 5) is 20.0. The van der Waals surface area contributed by atoms with E-state index in [1.165, 1.54) is 7.11 Å². The van der Waals surface area contributed by atoms with E-state index < -0.39 is 5.97 Å². The zero-order valence-electron chi connectivity index (χ0n) is 16.1. The van der Waals surface area contributed by atoms with Gasteiger partial charge in [-0.2, -0.15) is 0 Å². The summed E-state index contributed by atoms with van der Waals surface area (Å²) >= 11 is 1.60. The van der Waals surface area contributed by atoms with Crippen LogP contribution >= 0.6 is 11.3 Å². The van der Waals surface area contributed by atoms with E-state index in [9.17, 15) is 4.79 Å². The Balaban J connectivity index is 1.64. The zero-order chi connectivity index (χ0) is 19.5. The van der Waals surface area contributed by atoms with Crippen molar-refractivity contribution in [2.24, 2.45) is 0 Å². The molecule has 4 rings (SSSR count). The van der Waals surface area contributed by atoms with Gasteiger partial charge in [0, 0.05) is 17.7 Å². The Morgan fingerprint density at radius 3 is 3.00 bits per heavy atom. The predicted octanol–water partition coefficient (Wildman–Crippen LogP) is 3.68. The van der Waals surface area contributed by atoms with Crippen LogP contribution in [0.3, 0.4) is 0 Å². The minimum absolute atomic E-state index is 0.0727. The van der Waals surface area contributed by atoms with Crippen LogP contribution in [0, 0.1) is 6.92 Å². The maximum absolute atomic E-state index is 12.2. The number of benzene rings is 1. The second kappa shape index (κ2) is 8.46. The van der Waals surface area contributed by atoms with E-state index in [0.717, 1.165) is 41.6 Å². The van der Waals surface area contributed by atoms with Gasteiger partial charge in [-0.15, -0.1) is 11.3 Å². The molecule has 0 bridgehead atoms. The van der Waals surface area contributed by atoms with E-state index in [4.69, 9.17) is 18.9 Å². The second-order valence-corrected chi connectivity index (χ2v) is 8.08. The quantitative estimate of drug-likeness (QED) is 0.704. The van der Waals surface area contributed by atoms with Crippen LogP contribution < -0.4 is 9.64 Å². The largest absolute Gasteiger partial charge is 0.488 e. The third-order valence-corrected chi connectivity index (χ3v) is 5.78. The molecule has 3 heterocycles. The molecule has 0 aliphatic carbocycles. The van der Waals surface area contributed by atoms with Gasteiger partial charge >= 0.3 is 5.97 Å². The van der Waals surface area contributed by atoms with E-state index >= 15 is 0 Å². The lowest BCUT2D eigenvalue weighted by Crippen LogP contribution is -2.44. The van der Waals surface area contributed by atoms with E-state index in [-0.39, 0.29) is 12.3 Å². The second-order valence-electron chi connectivity index (χ2n) is 6.86. The molecule has 0 saturated carbocycles. The van der Waals surface area contributed by atoms with Crippen molar-refractivity contribution >= 4 is 28.1 Å². The fourth-order valence-electron chi connectivity index (χ4n) is 3.48. The number of carbonyl (C=O) groups excluding carboxylic acids is 1. The molecular weight excluding hydrogens is 380 g/mol. The van der Waals surface area contributed by atoms with Gasteiger partial charge in [0.05, 0.1) is 25.4 Å². The standard InChI is InChI=1S/C20H24N2O5S/c1-13-10-21-20(28-13)22-14(11-26-17-8-3-4-9-25-17)12-27-18-15(19(23)24-2)6-5-7-16(18)22/h5-7,10,14,17H,3-4,8-9,11-12H2,1-2H3/t14-,17?/m1/s1. The Morgan fingerprint density at radius 2 is 2.29 bits per heavy atom. The molecule has 8 heteroatoms. The Kier molecular flexibility index (Phi) is 5.79. The first-order chi connectivity index (χ1) is 13.7. The minimum atomic E-state index is -0.419. The smallest absolute Gasteiger partial charge is 0.341 e. The molecule has 2 atom stereocenters. The fraction of sp³-hybridized carbons (Fsp3) is 0.500. The van der Waals surface area contributed by atoms with Crippen LogP contribution in [0.5, 0.6) is 5.75 Å². The first kappa shape index (κ1) is 19.2. The van der Waals surface area contributed by atoms with Gasteiger partial charge in [-0.1, -0.05) is 6.07 Å². The Labute approximate surface area is 168 Å². The van der Waals surface area contributed by atoms with E-state index in [1.54, 1.807) is 17.4 Å². The summed E-state index contributed by atoms with van der Waals surface area (Å²) in [6.45, 7) is 3.60. The van der Waals surface area contributed by atoms with Crippen LogP contribution in [0.4, 0.5) is 10.8 Å². The molecule has 2 aliphatic rings. The minimum Gasteiger partial charge on any atom is -0.488 e.